The lowest BCUT2D eigenvalue weighted by molar-refractivity contribution is 0.331. The average Bonchev–Trinajstić information content (AvgIpc) is 2.50. The van der Waals surface area contributed by atoms with Crippen molar-refractivity contribution in [2.24, 2.45) is 10.7 Å². The van der Waals surface area contributed by atoms with Gasteiger partial charge in [0, 0.05) is 17.7 Å². The van der Waals surface area contributed by atoms with Crippen LogP contribution in [-0.4, -0.2) is 12.9 Å². The SMILES string of the molecule is CCOc1ccccc1CC1(N)N=CNc2ccccc21. The minimum absolute atomic E-state index is 0.596. The molecule has 4 heteroatoms. The third kappa shape index (κ3) is 2.62. The molecule has 2 aromatic carbocycles. The largest absolute Gasteiger partial charge is 0.494 e. The van der Waals surface area contributed by atoms with Crippen LogP contribution in [0.15, 0.2) is 53.5 Å². The van der Waals surface area contributed by atoms with Crippen molar-refractivity contribution in [2.75, 3.05) is 11.9 Å². The first-order valence-corrected chi connectivity index (χ1v) is 7.12. The molecule has 108 valence electrons. The Morgan fingerprint density at radius 2 is 1.90 bits per heavy atom. The van der Waals surface area contributed by atoms with E-state index >= 15 is 0 Å². The third-order valence-electron chi connectivity index (χ3n) is 3.64. The number of anilines is 1. The zero-order chi connectivity index (χ0) is 14.7. The van der Waals surface area contributed by atoms with Crippen LogP contribution >= 0.6 is 0 Å². The first-order chi connectivity index (χ1) is 10.2. The minimum atomic E-state index is -0.769. The first kappa shape index (κ1) is 13.6. The van der Waals surface area contributed by atoms with Gasteiger partial charge in [-0.05, 0) is 24.6 Å². The van der Waals surface area contributed by atoms with Gasteiger partial charge in [0.25, 0.3) is 0 Å². The first-order valence-electron chi connectivity index (χ1n) is 7.12. The lowest BCUT2D eigenvalue weighted by Gasteiger charge is -2.31. The Hall–Kier alpha value is -2.33. The molecular weight excluding hydrogens is 262 g/mol. The summed E-state index contributed by atoms with van der Waals surface area (Å²) < 4.78 is 5.69. The van der Waals surface area contributed by atoms with E-state index in [2.05, 4.69) is 10.3 Å². The summed E-state index contributed by atoms with van der Waals surface area (Å²) >= 11 is 0. The van der Waals surface area contributed by atoms with Gasteiger partial charge in [0.05, 0.1) is 12.9 Å². The maximum absolute atomic E-state index is 6.57. The summed E-state index contributed by atoms with van der Waals surface area (Å²) in [6, 6.07) is 16.0. The second-order valence-electron chi connectivity index (χ2n) is 5.09. The molecule has 0 amide bonds. The highest BCUT2D eigenvalue weighted by Gasteiger charge is 2.32. The molecule has 0 fully saturated rings. The summed E-state index contributed by atoms with van der Waals surface area (Å²) in [4.78, 5) is 4.49. The normalized spacial score (nSPS) is 19.7. The second kappa shape index (κ2) is 5.58. The number of hydrogen-bond acceptors (Lipinski definition) is 4. The summed E-state index contributed by atoms with van der Waals surface area (Å²) in [6.07, 6.45) is 2.27. The number of rotatable bonds is 4. The van der Waals surface area contributed by atoms with Crippen LogP contribution < -0.4 is 15.8 Å². The van der Waals surface area contributed by atoms with Gasteiger partial charge in [0.2, 0.25) is 0 Å². The van der Waals surface area contributed by atoms with Crippen LogP contribution in [0.3, 0.4) is 0 Å². The Morgan fingerprint density at radius 1 is 1.14 bits per heavy atom. The van der Waals surface area contributed by atoms with E-state index < -0.39 is 5.66 Å². The van der Waals surface area contributed by atoms with E-state index in [0.29, 0.717) is 13.0 Å². The number of ether oxygens (including phenoxy) is 1. The Labute approximate surface area is 124 Å². The number of hydrogen-bond donors (Lipinski definition) is 2. The van der Waals surface area contributed by atoms with E-state index in [4.69, 9.17) is 10.5 Å². The molecule has 3 rings (SSSR count). The molecular formula is C17H19N3O. The topological polar surface area (TPSA) is 59.6 Å². The molecule has 0 spiro atoms. The summed E-state index contributed by atoms with van der Waals surface area (Å²) in [6.45, 7) is 2.61. The number of fused-ring (bicyclic) bond motifs is 1. The molecule has 3 N–H and O–H groups in total. The van der Waals surface area contributed by atoms with Crippen LogP contribution in [-0.2, 0) is 12.1 Å². The van der Waals surface area contributed by atoms with Gasteiger partial charge in [-0.2, -0.15) is 0 Å². The molecule has 21 heavy (non-hydrogen) atoms. The van der Waals surface area contributed by atoms with Crippen LogP contribution in [0.5, 0.6) is 5.75 Å². The highest BCUT2D eigenvalue weighted by Crippen LogP contribution is 2.34. The highest BCUT2D eigenvalue weighted by molar-refractivity contribution is 5.81. The summed E-state index contributed by atoms with van der Waals surface area (Å²) in [5.41, 5.74) is 8.87. The fourth-order valence-electron chi connectivity index (χ4n) is 2.65. The molecule has 4 nitrogen and oxygen atoms in total. The number of nitrogens with two attached hydrogens (primary N) is 1. The quantitative estimate of drug-likeness (QED) is 0.906. The maximum Gasteiger partial charge on any atom is 0.141 e. The molecule has 0 saturated heterocycles. The van der Waals surface area contributed by atoms with E-state index in [1.807, 2.05) is 55.5 Å². The van der Waals surface area contributed by atoms with E-state index in [1.54, 1.807) is 6.34 Å². The van der Waals surface area contributed by atoms with Crippen molar-refractivity contribution < 1.29 is 4.74 Å². The number of nitrogens with one attached hydrogen (secondary N) is 1. The summed E-state index contributed by atoms with van der Waals surface area (Å²) in [5.74, 6) is 0.871. The van der Waals surface area contributed by atoms with Gasteiger partial charge in [-0.3, -0.25) is 0 Å². The fraction of sp³-hybridized carbons (Fsp3) is 0.235. The van der Waals surface area contributed by atoms with E-state index in [1.165, 1.54) is 0 Å². The summed E-state index contributed by atoms with van der Waals surface area (Å²) in [5, 5.41) is 3.14. The van der Waals surface area contributed by atoms with Crippen LogP contribution in [0.2, 0.25) is 0 Å². The number of benzene rings is 2. The second-order valence-corrected chi connectivity index (χ2v) is 5.09. The molecule has 1 atom stereocenters. The van der Waals surface area contributed by atoms with Crippen molar-refractivity contribution in [1.29, 1.82) is 0 Å². The summed E-state index contributed by atoms with van der Waals surface area (Å²) in [7, 11) is 0. The van der Waals surface area contributed by atoms with Gasteiger partial charge in [-0.1, -0.05) is 36.4 Å². The highest BCUT2D eigenvalue weighted by atomic mass is 16.5. The van der Waals surface area contributed by atoms with Gasteiger partial charge in [-0.25, -0.2) is 4.99 Å². The predicted octanol–water partition coefficient (Wildman–Crippen LogP) is 2.89. The molecule has 0 radical (unpaired) electrons. The zero-order valence-electron chi connectivity index (χ0n) is 12.0. The van der Waals surface area contributed by atoms with Crippen molar-refractivity contribution >= 4 is 12.0 Å². The van der Waals surface area contributed by atoms with Crippen molar-refractivity contribution in [1.82, 2.24) is 0 Å². The van der Waals surface area contributed by atoms with Crippen LogP contribution in [0.4, 0.5) is 5.69 Å². The van der Waals surface area contributed by atoms with Crippen molar-refractivity contribution in [3.8, 4) is 5.75 Å². The molecule has 2 aromatic rings. The Bertz CT molecular complexity index is 669. The van der Waals surface area contributed by atoms with Gasteiger partial charge in [0.1, 0.15) is 11.4 Å². The fourth-order valence-corrected chi connectivity index (χ4v) is 2.65. The Kier molecular flexibility index (Phi) is 3.62. The van der Waals surface area contributed by atoms with Crippen LogP contribution in [0.25, 0.3) is 0 Å². The smallest absolute Gasteiger partial charge is 0.141 e. The van der Waals surface area contributed by atoms with Gasteiger partial charge in [-0.15, -0.1) is 0 Å². The lowest BCUT2D eigenvalue weighted by atomic mass is 9.90. The molecule has 0 aliphatic carbocycles. The average molecular weight is 281 g/mol. The number of para-hydroxylation sites is 2. The van der Waals surface area contributed by atoms with Crippen molar-refractivity contribution in [2.45, 2.75) is 19.0 Å². The molecule has 1 heterocycles. The Morgan fingerprint density at radius 3 is 2.76 bits per heavy atom. The number of nitrogens with zero attached hydrogens (tertiary/aromatic N) is 1. The van der Waals surface area contributed by atoms with Gasteiger partial charge < -0.3 is 15.8 Å². The maximum atomic E-state index is 6.57. The van der Waals surface area contributed by atoms with E-state index in [0.717, 1.165) is 22.6 Å². The lowest BCUT2D eigenvalue weighted by Crippen LogP contribution is -2.40. The minimum Gasteiger partial charge on any atom is -0.494 e. The zero-order valence-corrected chi connectivity index (χ0v) is 12.0. The molecule has 1 aliphatic rings. The van der Waals surface area contributed by atoms with Crippen LogP contribution in [0, 0.1) is 0 Å². The van der Waals surface area contributed by atoms with Gasteiger partial charge >= 0.3 is 0 Å². The van der Waals surface area contributed by atoms with Gasteiger partial charge in [0.15, 0.2) is 0 Å². The van der Waals surface area contributed by atoms with Crippen molar-refractivity contribution in [3.05, 3.63) is 59.7 Å². The molecule has 1 unspecified atom stereocenters. The third-order valence-corrected chi connectivity index (χ3v) is 3.64. The standard InChI is InChI=1S/C17H19N3O/c1-2-21-16-10-6-3-7-13(16)11-17(18)14-8-4-5-9-15(14)19-12-20-17/h3-10,12H,2,11,18H2,1H3,(H,19,20). The number of aliphatic imine (C=N–C) groups is 1. The molecule has 0 aromatic heterocycles. The monoisotopic (exact) mass is 281 g/mol. The molecule has 0 saturated carbocycles. The molecule has 0 bridgehead atoms. The Balaban J connectivity index is 1.97. The van der Waals surface area contributed by atoms with Crippen LogP contribution in [0.1, 0.15) is 18.1 Å². The van der Waals surface area contributed by atoms with E-state index in [-0.39, 0.29) is 0 Å². The van der Waals surface area contributed by atoms with E-state index in [9.17, 15) is 0 Å². The molecule has 1 aliphatic heterocycles. The van der Waals surface area contributed by atoms with Crippen molar-refractivity contribution in [3.63, 3.8) is 0 Å². The predicted molar refractivity (Wildman–Crippen MR) is 85.7 cm³/mol.